The maximum absolute atomic E-state index is 15.1. The largest absolute Gasteiger partial charge is 0.574 e. The number of benzene rings is 1. The summed E-state index contributed by atoms with van der Waals surface area (Å²) in [6.45, 7) is 4.61. The van der Waals surface area contributed by atoms with Crippen LogP contribution in [-0.4, -0.2) is 56.2 Å². The number of hydrogen-bond donors (Lipinski definition) is 3. The molecule has 2 aromatic rings. The lowest BCUT2D eigenvalue weighted by Crippen LogP contribution is -2.41. The Morgan fingerprint density at radius 2 is 1.97 bits per heavy atom. The first-order chi connectivity index (χ1) is 17.4. The van der Waals surface area contributed by atoms with Crippen molar-refractivity contribution in [3.63, 3.8) is 0 Å². The first-order valence-electron chi connectivity index (χ1n) is 11.0. The van der Waals surface area contributed by atoms with Crippen molar-refractivity contribution in [1.29, 1.82) is 0 Å². The number of rotatable bonds is 10. The molecule has 0 amide bonds. The Hall–Kier alpha value is -2.68. The molecule has 202 valence electrons. The first kappa shape index (κ1) is 28.9. The topological polar surface area (TPSA) is 177 Å². The number of nitrogens with zero attached hydrogens (tertiary/aromatic N) is 2. The monoisotopic (exact) mass is 606 g/mol. The molecular weight excluding hydrogens is 582 g/mol. The minimum Gasteiger partial charge on any atom is -0.574 e. The molecule has 1 fully saturated rings. The number of halogens is 2. The molecule has 1 unspecified atom stereocenters. The van der Waals surface area contributed by atoms with Crippen LogP contribution in [0, 0.1) is 0 Å². The van der Waals surface area contributed by atoms with Crippen molar-refractivity contribution in [3.05, 3.63) is 57.4 Å². The van der Waals surface area contributed by atoms with E-state index in [0.717, 1.165) is 16.8 Å². The van der Waals surface area contributed by atoms with Gasteiger partial charge in [-0.15, -0.1) is 0 Å². The van der Waals surface area contributed by atoms with Gasteiger partial charge in [0.05, 0.1) is 6.10 Å². The van der Waals surface area contributed by atoms with Crippen molar-refractivity contribution in [1.82, 2.24) is 15.0 Å². The summed E-state index contributed by atoms with van der Waals surface area (Å²) < 4.78 is 34.7. The average molecular weight is 607 g/mol. The average Bonchev–Trinajstić information content (AvgIpc) is 3.05. The minimum absolute atomic E-state index is 0.189. The SMILES string of the molecule is CC(C)OC(=O)[C@H](C)N/N=[P+](\[O-])Oc1ccc(OC[C@H]2O[C@@H](n3ccc(=O)[nH]c3=O)[C@](F)(Br)[C@@H]2O)cc1. The molecule has 3 rings (SSSR count). The van der Waals surface area contributed by atoms with Gasteiger partial charge in [-0.2, -0.15) is 5.43 Å². The van der Waals surface area contributed by atoms with Crippen molar-refractivity contribution >= 4 is 30.1 Å². The summed E-state index contributed by atoms with van der Waals surface area (Å²) in [4.78, 5) is 52.6. The van der Waals surface area contributed by atoms with E-state index in [1.54, 1.807) is 13.8 Å². The predicted molar refractivity (Wildman–Crippen MR) is 130 cm³/mol. The van der Waals surface area contributed by atoms with Gasteiger partial charge in [0.25, 0.3) is 5.56 Å². The van der Waals surface area contributed by atoms with Crippen LogP contribution in [0.3, 0.4) is 0 Å². The second kappa shape index (κ2) is 12.2. The summed E-state index contributed by atoms with van der Waals surface area (Å²) in [5.41, 5.74) is 0.835. The molecule has 37 heavy (non-hydrogen) atoms. The van der Waals surface area contributed by atoms with E-state index in [2.05, 4.69) is 26.2 Å². The molecule has 6 atom stereocenters. The number of aliphatic hydroxyl groups is 1. The van der Waals surface area contributed by atoms with Gasteiger partial charge < -0.3 is 24.2 Å². The Kier molecular flexibility index (Phi) is 9.56. The van der Waals surface area contributed by atoms with Crippen LogP contribution in [0.4, 0.5) is 4.39 Å². The lowest BCUT2D eigenvalue weighted by Gasteiger charge is -2.22. The van der Waals surface area contributed by atoms with Gasteiger partial charge in [-0.05, 0) is 61.0 Å². The Labute approximate surface area is 219 Å². The van der Waals surface area contributed by atoms with Crippen LogP contribution in [0.15, 0.2) is 51.0 Å². The van der Waals surface area contributed by atoms with E-state index in [0.29, 0.717) is 5.75 Å². The number of alkyl halides is 2. The van der Waals surface area contributed by atoms with Gasteiger partial charge in [-0.25, -0.2) is 9.18 Å². The Bertz CT molecular complexity index is 1240. The molecule has 3 N–H and O–H groups in total. The third-order valence-electron chi connectivity index (χ3n) is 4.94. The van der Waals surface area contributed by atoms with Crippen LogP contribution < -0.4 is 30.8 Å². The first-order valence-corrected chi connectivity index (χ1v) is 12.9. The number of carbonyl (C=O) groups is 1. The normalized spacial score (nSPS) is 24.6. The zero-order chi connectivity index (χ0) is 27.3. The van der Waals surface area contributed by atoms with Crippen LogP contribution in [-0.2, 0) is 14.3 Å². The molecule has 0 spiro atoms. The van der Waals surface area contributed by atoms with E-state index < -0.39 is 54.4 Å². The van der Waals surface area contributed by atoms with Crippen LogP contribution in [0.5, 0.6) is 11.5 Å². The molecule has 1 saturated heterocycles. The van der Waals surface area contributed by atoms with E-state index in [9.17, 15) is 24.4 Å². The lowest BCUT2D eigenvalue weighted by atomic mass is 10.1. The third kappa shape index (κ3) is 7.43. The second-order valence-electron chi connectivity index (χ2n) is 8.21. The van der Waals surface area contributed by atoms with Crippen LogP contribution in [0.2, 0.25) is 0 Å². The van der Waals surface area contributed by atoms with Crippen LogP contribution in [0.1, 0.15) is 27.0 Å². The van der Waals surface area contributed by atoms with Gasteiger partial charge in [-0.1, -0.05) is 0 Å². The zero-order valence-electron chi connectivity index (χ0n) is 19.9. The van der Waals surface area contributed by atoms with Gasteiger partial charge in [-0.3, -0.25) is 23.7 Å². The van der Waals surface area contributed by atoms with Crippen molar-refractivity contribution in [2.24, 2.45) is 4.85 Å². The van der Waals surface area contributed by atoms with E-state index in [-0.39, 0.29) is 18.5 Å². The summed E-state index contributed by atoms with van der Waals surface area (Å²) >= 11 is 2.77. The molecular formula is C21H25BrFN4O9P. The number of aromatic nitrogens is 2. The molecule has 16 heteroatoms. The number of carbonyl (C=O) groups excluding carboxylic acids is 1. The molecule has 0 radical (unpaired) electrons. The smallest absolute Gasteiger partial charge is 0.412 e. The zero-order valence-corrected chi connectivity index (χ0v) is 22.3. The van der Waals surface area contributed by atoms with E-state index >= 15 is 4.39 Å². The lowest BCUT2D eigenvalue weighted by molar-refractivity contribution is -0.169. The minimum atomic E-state index is -2.54. The van der Waals surface area contributed by atoms with Crippen molar-refractivity contribution in [2.75, 3.05) is 6.61 Å². The van der Waals surface area contributed by atoms with Crippen molar-refractivity contribution in [2.45, 2.75) is 55.9 Å². The van der Waals surface area contributed by atoms with Gasteiger partial charge in [0.2, 0.25) is 4.58 Å². The van der Waals surface area contributed by atoms with Gasteiger partial charge in [0.15, 0.2) is 12.0 Å². The number of H-pyrrole nitrogens is 1. The van der Waals surface area contributed by atoms with Gasteiger partial charge in [0, 0.05) is 17.1 Å². The molecule has 0 bridgehead atoms. The van der Waals surface area contributed by atoms with Gasteiger partial charge in [0.1, 0.15) is 30.6 Å². The van der Waals surface area contributed by atoms with Crippen LogP contribution in [0.25, 0.3) is 0 Å². The Balaban J connectivity index is 1.55. The van der Waals surface area contributed by atoms with Crippen LogP contribution >= 0.6 is 24.1 Å². The summed E-state index contributed by atoms with van der Waals surface area (Å²) in [5, 5.41) is 10.4. The number of aliphatic hydroxyl groups excluding tert-OH is 1. The number of nitrogens with one attached hydrogen (secondary N) is 2. The molecule has 1 aliphatic rings. The molecule has 0 aliphatic carbocycles. The highest BCUT2D eigenvalue weighted by Gasteiger charge is 2.57. The fraction of sp³-hybridized carbons (Fsp3) is 0.476. The number of esters is 1. The quantitative estimate of drug-likeness (QED) is 0.153. The maximum atomic E-state index is 15.1. The standard InChI is InChI=1S/C21H25BrFN4O9P/c1-11(2)34-18(30)12(3)25-26-37(32)36-14-6-4-13(5-7-14)33-10-15-17(29)21(22,23)19(35-15)27-9-8-16(28)24-20(27)31/h4-9,11-12,15,17,19,25,29H,10H2,1-3H3,(H,24,28,31)/t12-,15+,17+,19+,21-/m0/s1. The highest BCUT2D eigenvalue weighted by Crippen LogP contribution is 2.45. The predicted octanol–water partition coefficient (Wildman–Crippen LogP) is 1.01. The third-order valence-corrected chi connectivity index (χ3v) is 6.45. The molecule has 0 saturated carbocycles. The summed E-state index contributed by atoms with van der Waals surface area (Å²) in [7, 11) is -2.54. The maximum Gasteiger partial charge on any atom is 0.412 e. The molecule has 13 nitrogen and oxygen atoms in total. The van der Waals surface area contributed by atoms with Crippen molar-refractivity contribution < 1.29 is 37.9 Å². The molecule has 2 heterocycles. The fourth-order valence-corrected chi connectivity index (χ4v) is 4.36. The number of hydrogen-bond acceptors (Lipinski definition) is 10. The highest BCUT2D eigenvalue weighted by atomic mass is 79.9. The van der Waals surface area contributed by atoms with Gasteiger partial charge >= 0.3 is 19.8 Å². The van der Waals surface area contributed by atoms with E-state index in [1.165, 1.54) is 31.2 Å². The summed E-state index contributed by atoms with van der Waals surface area (Å²) in [5.74, 6) is -0.0708. The Morgan fingerprint density at radius 3 is 2.59 bits per heavy atom. The summed E-state index contributed by atoms with van der Waals surface area (Å²) in [6, 6.07) is 6.01. The second-order valence-corrected chi connectivity index (χ2v) is 10.3. The Morgan fingerprint density at radius 1 is 1.32 bits per heavy atom. The highest BCUT2D eigenvalue weighted by molar-refractivity contribution is 9.10. The fourth-order valence-electron chi connectivity index (χ4n) is 3.12. The summed E-state index contributed by atoms with van der Waals surface area (Å²) in [6.07, 6.45) is -3.70. The molecule has 1 aromatic heterocycles. The van der Waals surface area contributed by atoms with Crippen molar-refractivity contribution in [3.8, 4) is 11.5 Å². The molecule has 1 aromatic carbocycles. The van der Waals surface area contributed by atoms with E-state index in [1.807, 2.05) is 4.98 Å². The number of ether oxygens (including phenoxy) is 3. The van der Waals surface area contributed by atoms with E-state index in [4.69, 9.17) is 18.7 Å². The molecule has 1 aliphatic heterocycles. The number of aromatic amines is 1.